The summed E-state index contributed by atoms with van der Waals surface area (Å²) < 4.78 is 23.4. The highest BCUT2D eigenvalue weighted by Gasteiger charge is 2.10. The molecule has 1 aromatic rings. The predicted molar refractivity (Wildman–Crippen MR) is 66.9 cm³/mol. The predicted octanol–water partition coefficient (Wildman–Crippen LogP) is 1.11. The van der Waals surface area contributed by atoms with Crippen molar-refractivity contribution < 1.29 is 19.0 Å². The van der Waals surface area contributed by atoms with Crippen molar-refractivity contribution in [2.24, 2.45) is 0 Å². The smallest absolute Gasteiger partial charge is 0.129 e. The summed E-state index contributed by atoms with van der Waals surface area (Å²) in [6, 6.07) is 6.22. The zero-order valence-electron chi connectivity index (χ0n) is 10.6. The summed E-state index contributed by atoms with van der Waals surface area (Å²) in [7, 11) is 1.62. The highest BCUT2D eigenvalue weighted by atomic mass is 19.1. The molecule has 0 bridgehead atoms. The van der Waals surface area contributed by atoms with E-state index in [0.717, 1.165) is 0 Å². The minimum Gasteiger partial charge on any atom is -0.387 e. The maximum absolute atomic E-state index is 13.3. The van der Waals surface area contributed by atoms with Gasteiger partial charge in [0.25, 0.3) is 0 Å². The van der Waals surface area contributed by atoms with Crippen LogP contribution in [0.3, 0.4) is 0 Å². The van der Waals surface area contributed by atoms with Crippen LogP contribution in [0.2, 0.25) is 0 Å². The molecule has 2 N–H and O–H groups in total. The Morgan fingerprint density at radius 3 is 2.78 bits per heavy atom. The van der Waals surface area contributed by atoms with E-state index < -0.39 is 6.10 Å². The number of hydrogen-bond donors (Lipinski definition) is 2. The van der Waals surface area contributed by atoms with Crippen LogP contribution in [0.25, 0.3) is 0 Å². The number of benzene rings is 1. The summed E-state index contributed by atoms with van der Waals surface area (Å²) >= 11 is 0. The first-order valence-electron chi connectivity index (χ1n) is 5.95. The van der Waals surface area contributed by atoms with Crippen LogP contribution in [0.15, 0.2) is 24.3 Å². The molecule has 4 nitrogen and oxygen atoms in total. The van der Waals surface area contributed by atoms with Crippen LogP contribution in [-0.2, 0) is 9.47 Å². The summed E-state index contributed by atoms with van der Waals surface area (Å²) in [6.45, 7) is 2.56. The molecule has 5 heteroatoms. The van der Waals surface area contributed by atoms with Gasteiger partial charge in [-0.3, -0.25) is 0 Å². The highest BCUT2D eigenvalue weighted by Crippen LogP contribution is 2.15. The number of methoxy groups -OCH3 is 1. The van der Waals surface area contributed by atoms with Crippen LogP contribution in [0.5, 0.6) is 0 Å². The van der Waals surface area contributed by atoms with Crippen molar-refractivity contribution in [1.82, 2.24) is 5.32 Å². The van der Waals surface area contributed by atoms with Crippen molar-refractivity contribution >= 4 is 0 Å². The van der Waals surface area contributed by atoms with Gasteiger partial charge in [-0.2, -0.15) is 0 Å². The number of rotatable bonds is 9. The lowest BCUT2D eigenvalue weighted by molar-refractivity contribution is 0.0703. The Hall–Kier alpha value is -1.01. The largest absolute Gasteiger partial charge is 0.387 e. The van der Waals surface area contributed by atoms with Gasteiger partial charge in [0.1, 0.15) is 5.82 Å². The molecule has 0 spiro atoms. The molecule has 0 aliphatic carbocycles. The molecular formula is C13H20FNO3. The number of hydrogen-bond acceptors (Lipinski definition) is 4. The lowest BCUT2D eigenvalue weighted by Crippen LogP contribution is -2.26. The van der Waals surface area contributed by atoms with Gasteiger partial charge in [0, 0.05) is 25.8 Å². The van der Waals surface area contributed by atoms with Crippen LogP contribution in [0.4, 0.5) is 4.39 Å². The van der Waals surface area contributed by atoms with Gasteiger partial charge < -0.3 is 19.9 Å². The maximum Gasteiger partial charge on any atom is 0.129 e. The minimum absolute atomic E-state index is 0.300. The molecule has 0 saturated carbocycles. The van der Waals surface area contributed by atoms with Gasteiger partial charge in [-0.1, -0.05) is 18.2 Å². The average Bonchev–Trinajstić information content (AvgIpc) is 2.38. The van der Waals surface area contributed by atoms with Crippen molar-refractivity contribution in [3.63, 3.8) is 0 Å². The number of nitrogens with one attached hydrogen (secondary N) is 1. The van der Waals surface area contributed by atoms with E-state index in [1.165, 1.54) is 6.07 Å². The molecule has 0 radical (unpaired) electrons. The minimum atomic E-state index is -0.842. The van der Waals surface area contributed by atoms with E-state index in [2.05, 4.69) is 5.32 Å². The van der Waals surface area contributed by atoms with Crippen molar-refractivity contribution in [3.05, 3.63) is 35.6 Å². The summed E-state index contributed by atoms with van der Waals surface area (Å²) in [6.07, 6.45) is -0.842. The van der Waals surface area contributed by atoms with E-state index in [9.17, 15) is 9.50 Å². The fraction of sp³-hybridized carbons (Fsp3) is 0.538. The third kappa shape index (κ3) is 5.55. The monoisotopic (exact) mass is 257 g/mol. The molecule has 0 heterocycles. The Morgan fingerprint density at radius 1 is 1.28 bits per heavy atom. The third-order valence-electron chi connectivity index (χ3n) is 2.46. The standard InChI is InChI=1S/C13H20FNO3/c1-17-8-9-18-7-6-15-10-13(16)11-4-2-3-5-12(11)14/h2-5,13,15-16H,6-10H2,1H3. The molecule has 0 saturated heterocycles. The lowest BCUT2D eigenvalue weighted by Gasteiger charge is -2.13. The fourth-order valence-electron chi connectivity index (χ4n) is 1.48. The van der Waals surface area contributed by atoms with E-state index in [1.54, 1.807) is 25.3 Å². The molecule has 0 aromatic heterocycles. The zero-order valence-corrected chi connectivity index (χ0v) is 10.6. The zero-order chi connectivity index (χ0) is 13.2. The van der Waals surface area contributed by atoms with Crippen LogP contribution in [0.1, 0.15) is 11.7 Å². The number of aliphatic hydroxyl groups is 1. The van der Waals surface area contributed by atoms with E-state index in [1.807, 2.05) is 0 Å². The van der Waals surface area contributed by atoms with Crippen LogP contribution in [-0.4, -0.2) is 45.1 Å². The second-order valence-corrected chi connectivity index (χ2v) is 3.85. The number of aliphatic hydroxyl groups excluding tert-OH is 1. The summed E-state index contributed by atoms with van der Waals surface area (Å²) in [5, 5.41) is 12.8. The third-order valence-corrected chi connectivity index (χ3v) is 2.46. The molecule has 0 fully saturated rings. The number of halogens is 1. The SMILES string of the molecule is COCCOCCNCC(O)c1ccccc1F. The molecule has 1 rings (SSSR count). The molecule has 0 aliphatic heterocycles. The van der Waals surface area contributed by atoms with Gasteiger partial charge >= 0.3 is 0 Å². The van der Waals surface area contributed by atoms with E-state index >= 15 is 0 Å². The van der Waals surface area contributed by atoms with Crippen molar-refractivity contribution in [2.45, 2.75) is 6.10 Å². The topological polar surface area (TPSA) is 50.7 Å². The molecule has 1 aromatic carbocycles. The Morgan fingerprint density at radius 2 is 2.06 bits per heavy atom. The molecule has 18 heavy (non-hydrogen) atoms. The molecule has 0 aliphatic rings. The fourth-order valence-corrected chi connectivity index (χ4v) is 1.48. The number of ether oxygens (including phenoxy) is 2. The lowest BCUT2D eigenvalue weighted by atomic mass is 10.1. The normalized spacial score (nSPS) is 12.6. The molecule has 0 amide bonds. The average molecular weight is 257 g/mol. The van der Waals surface area contributed by atoms with Gasteiger partial charge in [0.05, 0.1) is 25.9 Å². The van der Waals surface area contributed by atoms with E-state index in [4.69, 9.17) is 9.47 Å². The van der Waals surface area contributed by atoms with Crippen molar-refractivity contribution in [2.75, 3.05) is 40.0 Å². The van der Waals surface area contributed by atoms with Gasteiger partial charge in [-0.25, -0.2) is 4.39 Å². The summed E-state index contributed by atoms with van der Waals surface area (Å²) in [5.74, 6) is -0.386. The first kappa shape index (κ1) is 15.0. The second-order valence-electron chi connectivity index (χ2n) is 3.85. The van der Waals surface area contributed by atoms with Gasteiger partial charge in [0.2, 0.25) is 0 Å². The van der Waals surface area contributed by atoms with Gasteiger partial charge in [-0.15, -0.1) is 0 Å². The van der Waals surface area contributed by atoms with Crippen LogP contribution >= 0.6 is 0 Å². The van der Waals surface area contributed by atoms with Crippen LogP contribution < -0.4 is 5.32 Å². The quantitative estimate of drug-likeness (QED) is 0.651. The Balaban J connectivity index is 2.14. The first-order chi connectivity index (χ1) is 8.75. The molecular weight excluding hydrogens is 237 g/mol. The molecule has 102 valence electrons. The highest BCUT2D eigenvalue weighted by molar-refractivity contribution is 5.19. The Kier molecular flexibility index (Phi) is 7.52. The summed E-state index contributed by atoms with van der Waals surface area (Å²) in [5.41, 5.74) is 0.310. The van der Waals surface area contributed by atoms with Gasteiger partial charge in [-0.05, 0) is 6.07 Å². The summed E-state index contributed by atoms with van der Waals surface area (Å²) in [4.78, 5) is 0. The van der Waals surface area contributed by atoms with E-state index in [0.29, 0.717) is 38.5 Å². The van der Waals surface area contributed by atoms with E-state index in [-0.39, 0.29) is 5.82 Å². The van der Waals surface area contributed by atoms with Crippen LogP contribution in [0, 0.1) is 5.82 Å². The van der Waals surface area contributed by atoms with Crippen molar-refractivity contribution in [1.29, 1.82) is 0 Å². The van der Waals surface area contributed by atoms with Gasteiger partial charge in [0.15, 0.2) is 0 Å². The molecule has 1 atom stereocenters. The first-order valence-corrected chi connectivity index (χ1v) is 5.95. The Bertz CT molecular complexity index is 336. The second kappa shape index (κ2) is 8.99. The Labute approximate surface area is 107 Å². The molecule has 1 unspecified atom stereocenters. The van der Waals surface area contributed by atoms with Crippen molar-refractivity contribution in [3.8, 4) is 0 Å². The maximum atomic E-state index is 13.3.